The van der Waals surface area contributed by atoms with Crippen LogP contribution in [-0.4, -0.2) is 20.9 Å². The fraction of sp³-hybridized carbons (Fsp3) is 0.692. The van der Waals surface area contributed by atoms with Crippen molar-refractivity contribution in [1.29, 1.82) is 0 Å². The molecule has 0 aromatic carbocycles. The summed E-state index contributed by atoms with van der Waals surface area (Å²) in [5.74, 6) is 2.87. The molecular formula is C13H21N3S. The first-order valence-electron chi connectivity index (χ1n) is 6.42. The van der Waals surface area contributed by atoms with Crippen LogP contribution >= 0.6 is 11.8 Å². The van der Waals surface area contributed by atoms with Gasteiger partial charge in [-0.3, -0.25) is 5.10 Å². The normalized spacial score (nSPS) is 16.5. The van der Waals surface area contributed by atoms with E-state index >= 15 is 0 Å². The molecule has 0 spiro atoms. The van der Waals surface area contributed by atoms with Gasteiger partial charge in [0.05, 0.1) is 0 Å². The Bertz CT molecular complexity index is 366. The molecule has 17 heavy (non-hydrogen) atoms. The maximum Gasteiger partial charge on any atom is 0.208 e. The van der Waals surface area contributed by atoms with E-state index in [1.807, 2.05) is 6.92 Å². The summed E-state index contributed by atoms with van der Waals surface area (Å²) < 4.78 is 0. The van der Waals surface area contributed by atoms with E-state index in [4.69, 9.17) is 0 Å². The van der Waals surface area contributed by atoms with Crippen LogP contribution in [0, 0.1) is 5.92 Å². The summed E-state index contributed by atoms with van der Waals surface area (Å²) in [5.41, 5.74) is 1.16. The first-order valence-corrected chi connectivity index (χ1v) is 7.41. The molecule has 0 atom stereocenters. The molecule has 0 saturated heterocycles. The van der Waals surface area contributed by atoms with E-state index in [0.29, 0.717) is 0 Å². The number of nitrogens with one attached hydrogen (secondary N) is 1. The van der Waals surface area contributed by atoms with Gasteiger partial charge < -0.3 is 0 Å². The van der Waals surface area contributed by atoms with Crippen molar-refractivity contribution in [3.8, 4) is 0 Å². The van der Waals surface area contributed by atoms with Crippen molar-refractivity contribution < 1.29 is 0 Å². The summed E-state index contributed by atoms with van der Waals surface area (Å²) in [7, 11) is 0. The maximum absolute atomic E-state index is 4.50. The molecule has 1 saturated carbocycles. The summed E-state index contributed by atoms with van der Waals surface area (Å²) in [6.45, 7) is 5.91. The van der Waals surface area contributed by atoms with Crippen molar-refractivity contribution in [1.82, 2.24) is 15.2 Å². The molecule has 2 rings (SSSR count). The van der Waals surface area contributed by atoms with Gasteiger partial charge in [0.25, 0.3) is 0 Å². The van der Waals surface area contributed by atoms with Gasteiger partial charge in [0, 0.05) is 12.2 Å². The highest BCUT2D eigenvalue weighted by atomic mass is 32.2. The van der Waals surface area contributed by atoms with Gasteiger partial charge in [-0.15, -0.1) is 5.10 Å². The molecular weight excluding hydrogens is 230 g/mol. The number of aromatic amines is 1. The average Bonchev–Trinajstić information content (AvgIpc) is 2.95. The molecule has 0 bridgehead atoms. The minimum absolute atomic E-state index is 0.856. The Hall–Kier alpha value is -0.770. The van der Waals surface area contributed by atoms with Crippen molar-refractivity contribution in [3.63, 3.8) is 0 Å². The van der Waals surface area contributed by atoms with Crippen molar-refractivity contribution >= 4 is 11.8 Å². The standard InChI is InChI=1S/C13H21N3S/c1-10(2)9-17-13-14-12(15-16-13)8-7-11-5-3-4-6-11/h11H,1,3-9H2,2H3,(H,14,15,16). The summed E-state index contributed by atoms with van der Waals surface area (Å²) in [5, 5.41) is 8.12. The van der Waals surface area contributed by atoms with Crippen molar-refractivity contribution in [2.24, 2.45) is 5.92 Å². The predicted molar refractivity (Wildman–Crippen MR) is 72.2 cm³/mol. The summed E-state index contributed by atoms with van der Waals surface area (Å²) in [4.78, 5) is 4.50. The highest BCUT2D eigenvalue weighted by Gasteiger charge is 2.15. The van der Waals surface area contributed by atoms with Gasteiger partial charge in [0.1, 0.15) is 5.82 Å². The molecule has 0 amide bonds. The summed E-state index contributed by atoms with van der Waals surface area (Å²) in [6.07, 6.45) is 7.96. The molecule has 1 aliphatic carbocycles. The molecule has 1 aromatic rings. The van der Waals surface area contributed by atoms with E-state index in [1.54, 1.807) is 11.8 Å². The van der Waals surface area contributed by atoms with E-state index in [-0.39, 0.29) is 0 Å². The minimum Gasteiger partial charge on any atom is -0.262 e. The van der Waals surface area contributed by atoms with E-state index in [2.05, 4.69) is 21.8 Å². The smallest absolute Gasteiger partial charge is 0.208 e. The van der Waals surface area contributed by atoms with E-state index in [9.17, 15) is 0 Å². The van der Waals surface area contributed by atoms with E-state index in [1.165, 1.54) is 32.1 Å². The number of nitrogens with zero attached hydrogens (tertiary/aromatic N) is 2. The average molecular weight is 251 g/mol. The van der Waals surface area contributed by atoms with Gasteiger partial charge in [-0.05, 0) is 19.3 Å². The zero-order valence-corrected chi connectivity index (χ0v) is 11.4. The lowest BCUT2D eigenvalue weighted by Crippen LogP contribution is -1.97. The fourth-order valence-corrected chi connectivity index (χ4v) is 2.94. The Morgan fingerprint density at radius 1 is 1.47 bits per heavy atom. The monoisotopic (exact) mass is 251 g/mol. The molecule has 0 unspecified atom stereocenters. The number of hydrogen-bond acceptors (Lipinski definition) is 3. The van der Waals surface area contributed by atoms with E-state index < -0.39 is 0 Å². The molecule has 0 radical (unpaired) electrons. The van der Waals surface area contributed by atoms with Crippen LogP contribution in [0.4, 0.5) is 0 Å². The molecule has 94 valence electrons. The van der Waals surface area contributed by atoms with Crippen LogP contribution in [0.1, 0.15) is 44.9 Å². The Balaban J connectivity index is 1.75. The molecule has 1 aromatic heterocycles. The highest BCUT2D eigenvalue weighted by Crippen LogP contribution is 2.28. The maximum atomic E-state index is 4.50. The predicted octanol–water partition coefficient (Wildman–Crippen LogP) is 3.60. The second-order valence-corrected chi connectivity index (χ2v) is 5.94. The van der Waals surface area contributed by atoms with Gasteiger partial charge in [-0.2, -0.15) is 0 Å². The molecule has 4 heteroatoms. The van der Waals surface area contributed by atoms with Gasteiger partial charge in [-0.1, -0.05) is 49.6 Å². The van der Waals surface area contributed by atoms with Gasteiger partial charge in [-0.25, -0.2) is 4.98 Å². The van der Waals surface area contributed by atoms with Crippen LogP contribution in [-0.2, 0) is 6.42 Å². The first-order chi connectivity index (χ1) is 8.24. The van der Waals surface area contributed by atoms with E-state index in [0.717, 1.165) is 34.6 Å². The summed E-state index contributed by atoms with van der Waals surface area (Å²) >= 11 is 1.65. The second-order valence-electron chi connectivity index (χ2n) is 5.00. The topological polar surface area (TPSA) is 41.6 Å². The quantitative estimate of drug-likeness (QED) is 0.620. The van der Waals surface area contributed by atoms with Crippen LogP contribution in [0.15, 0.2) is 17.3 Å². The molecule has 1 aliphatic rings. The zero-order valence-electron chi connectivity index (χ0n) is 10.5. The third-order valence-electron chi connectivity index (χ3n) is 3.22. The number of thioether (sulfide) groups is 1. The molecule has 1 N–H and O–H groups in total. The number of H-pyrrole nitrogens is 1. The Morgan fingerprint density at radius 2 is 2.24 bits per heavy atom. The van der Waals surface area contributed by atoms with Crippen molar-refractivity contribution in [2.45, 2.75) is 50.6 Å². The van der Waals surface area contributed by atoms with Gasteiger partial charge >= 0.3 is 0 Å². The van der Waals surface area contributed by atoms with Crippen LogP contribution in [0.25, 0.3) is 0 Å². The number of aryl methyl sites for hydroxylation is 1. The Labute approximate surface area is 107 Å². The number of aromatic nitrogens is 3. The van der Waals surface area contributed by atoms with Crippen LogP contribution in [0.2, 0.25) is 0 Å². The third kappa shape index (κ3) is 4.19. The minimum atomic E-state index is 0.856. The Kier molecular flexibility index (Phi) is 4.66. The lowest BCUT2D eigenvalue weighted by molar-refractivity contribution is 0.497. The third-order valence-corrected chi connectivity index (χ3v) is 4.30. The largest absolute Gasteiger partial charge is 0.262 e. The Morgan fingerprint density at radius 3 is 2.94 bits per heavy atom. The van der Waals surface area contributed by atoms with Crippen LogP contribution < -0.4 is 0 Å². The molecule has 3 nitrogen and oxygen atoms in total. The fourth-order valence-electron chi connectivity index (χ4n) is 2.28. The SMILES string of the molecule is C=C(C)CSc1n[nH]c(CCC2CCCC2)n1. The van der Waals surface area contributed by atoms with Gasteiger partial charge in [0.2, 0.25) is 5.16 Å². The second kappa shape index (κ2) is 6.24. The lowest BCUT2D eigenvalue weighted by Gasteiger charge is -2.05. The van der Waals surface area contributed by atoms with Gasteiger partial charge in [0.15, 0.2) is 0 Å². The van der Waals surface area contributed by atoms with Crippen molar-refractivity contribution in [3.05, 3.63) is 18.0 Å². The summed E-state index contributed by atoms with van der Waals surface area (Å²) in [6, 6.07) is 0. The first kappa shape index (κ1) is 12.7. The molecule has 1 heterocycles. The zero-order chi connectivity index (χ0) is 12.1. The molecule has 0 aliphatic heterocycles. The van der Waals surface area contributed by atoms with Crippen LogP contribution in [0.3, 0.4) is 0 Å². The van der Waals surface area contributed by atoms with Crippen LogP contribution in [0.5, 0.6) is 0 Å². The number of hydrogen-bond donors (Lipinski definition) is 1. The number of rotatable bonds is 6. The highest BCUT2D eigenvalue weighted by molar-refractivity contribution is 7.99. The lowest BCUT2D eigenvalue weighted by atomic mass is 10.0. The van der Waals surface area contributed by atoms with Crippen molar-refractivity contribution in [2.75, 3.05) is 5.75 Å². The molecule has 1 fully saturated rings.